The van der Waals surface area contributed by atoms with Crippen LogP contribution >= 0.6 is 0 Å². The summed E-state index contributed by atoms with van der Waals surface area (Å²) in [6.45, 7) is 3.53. The van der Waals surface area contributed by atoms with Crippen LogP contribution < -0.4 is 0 Å². The van der Waals surface area contributed by atoms with Gasteiger partial charge in [-0.3, -0.25) is 14.1 Å². The Balaban J connectivity index is 2.50. The summed E-state index contributed by atoms with van der Waals surface area (Å²) in [5, 5.41) is 30.9. The fourth-order valence-corrected chi connectivity index (χ4v) is 6.81. The Hall–Kier alpha value is -3.43. The predicted octanol–water partition coefficient (Wildman–Crippen LogP) is 9.44. The van der Waals surface area contributed by atoms with E-state index < -0.39 is 71.2 Å². The van der Waals surface area contributed by atoms with E-state index >= 15 is 0 Å². The molecule has 0 aromatic rings. The Bertz CT molecular complexity index is 1510. The van der Waals surface area contributed by atoms with Crippen molar-refractivity contribution < 1.29 is 56.8 Å². The van der Waals surface area contributed by atoms with Crippen LogP contribution in [0.5, 0.6) is 0 Å². The van der Waals surface area contributed by atoms with Gasteiger partial charge in [-0.2, -0.15) is 8.42 Å². The van der Waals surface area contributed by atoms with Gasteiger partial charge in [0.25, 0.3) is 10.1 Å². The zero-order chi connectivity index (χ0) is 45.5. The first-order chi connectivity index (χ1) is 30.0. The molecule has 4 N–H and O–H groups in total. The highest BCUT2D eigenvalue weighted by atomic mass is 32.2. The van der Waals surface area contributed by atoms with Crippen LogP contribution in [0.25, 0.3) is 0 Å². The molecule has 13 heteroatoms. The molecule has 0 aromatic heterocycles. The number of esters is 2. The number of ether oxygens (including phenoxy) is 4. The Kier molecular flexibility index (Phi) is 34.7. The average molecular weight is 891 g/mol. The minimum Gasteiger partial charge on any atom is -0.462 e. The maximum atomic E-state index is 12.8. The zero-order valence-electron chi connectivity index (χ0n) is 37.4. The maximum Gasteiger partial charge on any atom is 0.306 e. The van der Waals surface area contributed by atoms with Crippen molar-refractivity contribution in [3.8, 4) is 0 Å². The summed E-state index contributed by atoms with van der Waals surface area (Å²) < 4.78 is 54.0. The van der Waals surface area contributed by atoms with Gasteiger partial charge < -0.3 is 34.3 Å². The molecule has 62 heavy (non-hydrogen) atoms. The van der Waals surface area contributed by atoms with E-state index in [1.54, 1.807) is 0 Å². The molecule has 0 saturated carbocycles. The molecule has 0 bridgehead atoms. The van der Waals surface area contributed by atoms with Crippen LogP contribution in [0.2, 0.25) is 0 Å². The lowest BCUT2D eigenvalue weighted by molar-refractivity contribution is -0.297. The summed E-state index contributed by atoms with van der Waals surface area (Å²) in [7, 11) is -4.62. The van der Waals surface area contributed by atoms with Crippen LogP contribution in [0.3, 0.4) is 0 Å². The van der Waals surface area contributed by atoms with Gasteiger partial charge >= 0.3 is 11.9 Å². The molecule has 2 unspecified atom stereocenters. The SMILES string of the molecule is CC/C=C/C/C=C/C/C=C/C/C=C/CCCCC(=O)O[C@H](COC(=O)CCCCC/C=C/C/C=C/C/C=C/C/C=C/CCCCC)CO[C@H]1O[C@H](CS(=O)(=O)O)[C@@H](O)C(O)C1O. The minimum atomic E-state index is -4.62. The van der Waals surface area contributed by atoms with Crippen LogP contribution in [-0.4, -0.2) is 96.0 Å². The molecule has 1 saturated heterocycles. The monoisotopic (exact) mass is 891 g/mol. The van der Waals surface area contributed by atoms with Gasteiger partial charge in [-0.25, -0.2) is 0 Å². The summed E-state index contributed by atoms with van der Waals surface area (Å²) >= 11 is 0. The van der Waals surface area contributed by atoms with Crippen molar-refractivity contribution in [3.05, 3.63) is 97.2 Å². The number of hydrogen-bond acceptors (Lipinski definition) is 11. The van der Waals surface area contributed by atoms with E-state index in [1.807, 2.05) is 0 Å². The highest BCUT2D eigenvalue weighted by Crippen LogP contribution is 2.24. The van der Waals surface area contributed by atoms with Crippen LogP contribution in [0.4, 0.5) is 0 Å². The smallest absolute Gasteiger partial charge is 0.306 e. The van der Waals surface area contributed by atoms with E-state index in [4.69, 9.17) is 18.9 Å². The predicted molar refractivity (Wildman–Crippen MR) is 247 cm³/mol. The maximum absolute atomic E-state index is 12.8. The van der Waals surface area contributed by atoms with E-state index in [0.717, 1.165) is 83.5 Å². The molecule has 1 fully saturated rings. The largest absolute Gasteiger partial charge is 0.462 e. The molecule has 0 aromatic carbocycles. The summed E-state index contributed by atoms with van der Waals surface area (Å²) in [5.41, 5.74) is 0. The third kappa shape index (κ3) is 32.3. The third-order valence-corrected chi connectivity index (χ3v) is 10.4. The van der Waals surface area contributed by atoms with Crippen molar-refractivity contribution in [3.63, 3.8) is 0 Å². The molecule has 0 radical (unpaired) electrons. The highest BCUT2D eigenvalue weighted by molar-refractivity contribution is 7.85. The molecule has 0 spiro atoms. The Morgan fingerprint density at radius 1 is 0.565 bits per heavy atom. The summed E-state index contributed by atoms with van der Waals surface area (Å²) in [6.07, 6.45) is 41.7. The van der Waals surface area contributed by atoms with Crippen molar-refractivity contribution in [1.29, 1.82) is 0 Å². The first kappa shape index (κ1) is 56.6. The van der Waals surface area contributed by atoms with Gasteiger partial charge in [0.2, 0.25) is 0 Å². The Morgan fingerprint density at radius 2 is 1.02 bits per heavy atom. The normalized spacial score (nSPS) is 20.8. The highest BCUT2D eigenvalue weighted by Gasteiger charge is 2.46. The fourth-order valence-electron chi connectivity index (χ4n) is 6.12. The second kappa shape index (κ2) is 38.1. The van der Waals surface area contributed by atoms with Crippen molar-refractivity contribution >= 4 is 22.1 Å². The number of aliphatic hydroxyl groups excluding tert-OH is 3. The molecule has 1 aliphatic rings. The van der Waals surface area contributed by atoms with Crippen molar-refractivity contribution in [2.45, 2.75) is 179 Å². The number of carbonyl (C=O) groups excluding carboxylic acids is 2. The standard InChI is InChI=1S/C49H78O12S/c1-3-5-7-9-11-13-15-17-19-20-21-22-24-25-27-29-31-33-35-37-44(50)58-39-42(40-59-49-48(54)47(53)46(52)43(61-49)41-62(55,56)57)60-45(51)38-36-34-32-30-28-26-23-18-16-14-12-10-8-6-4-2/h6,8,11-14,17-19,21-23,25,27-28,30,42-43,46-49,52-54H,3-5,7,9-10,15-16,20,24,26,29,31-41H2,1-2H3,(H,55,56,57)/b8-6+,13-11+,14-12+,19-17+,22-21+,23-18+,27-25+,30-28+/t42-,43-,46-,47?,48?,49+/m1/s1. The molecular weight excluding hydrogens is 813 g/mol. The molecular formula is C49H78O12S. The molecule has 12 nitrogen and oxygen atoms in total. The van der Waals surface area contributed by atoms with Crippen LogP contribution in [0, 0.1) is 0 Å². The van der Waals surface area contributed by atoms with Gasteiger partial charge in [-0.15, -0.1) is 0 Å². The van der Waals surface area contributed by atoms with E-state index in [-0.39, 0.29) is 19.4 Å². The van der Waals surface area contributed by atoms with Gasteiger partial charge in [0.1, 0.15) is 36.8 Å². The third-order valence-electron chi connectivity index (χ3n) is 9.65. The molecule has 0 amide bonds. The fraction of sp³-hybridized carbons (Fsp3) is 0.633. The Labute approximate surface area is 373 Å². The molecule has 1 heterocycles. The lowest BCUT2D eigenvalue weighted by Crippen LogP contribution is -2.60. The first-order valence-electron chi connectivity index (χ1n) is 22.8. The number of aliphatic hydroxyl groups is 3. The van der Waals surface area contributed by atoms with Crippen LogP contribution in [0.15, 0.2) is 97.2 Å². The quantitative estimate of drug-likeness (QED) is 0.0202. The number of carbonyl (C=O) groups is 2. The van der Waals surface area contributed by atoms with E-state index in [1.165, 1.54) is 19.3 Å². The van der Waals surface area contributed by atoms with Crippen molar-refractivity contribution in [2.24, 2.45) is 0 Å². The lowest BCUT2D eigenvalue weighted by atomic mass is 10.00. The van der Waals surface area contributed by atoms with Gasteiger partial charge in [0, 0.05) is 12.8 Å². The average Bonchev–Trinajstić information content (AvgIpc) is 3.24. The molecule has 1 aliphatic heterocycles. The van der Waals surface area contributed by atoms with Gasteiger partial charge in [-0.05, 0) is 96.3 Å². The topological polar surface area (TPSA) is 186 Å². The molecule has 0 aliphatic carbocycles. The Morgan fingerprint density at radius 3 is 1.52 bits per heavy atom. The lowest BCUT2D eigenvalue weighted by Gasteiger charge is -2.40. The van der Waals surface area contributed by atoms with E-state index in [9.17, 15) is 37.9 Å². The minimum absolute atomic E-state index is 0.0985. The summed E-state index contributed by atoms with van der Waals surface area (Å²) in [4.78, 5) is 25.4. The number of hydrogen-bond donors (Lipinski definition) is 4. The van der Waals surface area contributed by atoms with Crippen molar-refractivity contribution in [1.82, 2.24) is 0 Å². The van der Waals surface area contributed by atoms with Crippen molar-refractivity contribution in [2.75, 3.05) is 19.0 Å². The van der Waals surface area contributed by atoms with Crippen LogP contribution in [0.1, 0.15) is 142 Å². The van der Waals surface area contributed by atoms with Gasteiger partial charge in [0.05, 0.1) is 6.61 Å². The number of allylic oxidation sites excluding steroid dienone is 16. The zero-order valence-corrected chi connectivity index (χ0v) is 38.2. The molecule has 6 atom stereocenters. The molecule has 1 rings (SSSR count). The second-order valence-corrected chi connectivity index (χ2v) is 16.8. The first-order valence-corrected chi connectivity index (χ1v) is 24.4. The number of unbranched alkanes of at least 4 members (excludes halogenated alkanes) is 8. The summed E-state index contributed by atoms with van der Waals surface area (Å²) in [6, 6.07) is 0. The van der Waals surface area contributed by atoms with Crippen LogP contribution in [-0.2, 0) is 38.7 Å². The molecule has 352 valence electrons. The summed E-state index contributed by atoms with van der Waals surface area (Å²) in [5.74, 6) is -2.10. The number of rotatable bonds is 36. The van der Waals surface area contributed by atoms with Gasteiger partial charge in [0.15, 0.2) is 12.4 Å². The van der Waals surface area contributed by atoms with E-state index in [2.05, 4.69) is 111 Å². The van der Waals surface area contributed by atoms with Gasteiger partial charge in [-0.1, -0.05) is 130 Å². The second-order valence-electron chi connectivity index (χ2n) is 15.3. The van der Waals surface area contributed by atoms with E-state index in [0.29, 0.717) is 12.8 Å².